The van der Waals surface area contributed by atoms with Crippen LogP contribution in [0.5, 0.6) is 0 Å². The average molecular weight is 928 g/mol. The molecule has 0 atom stereocenters. The van der Waals surface area contributed by atoms with Crippen LogP contribution < -0.4 is 0 Å². The molecule has 0 saturated carbocycles. The van der Waals surface area contributed by atoms with Gasteiger partial charge in [-0.25, -0.2) is 24.5 Å². The van der Waals surface area contributed by atoms with Crippen LogP contribution in [0.4, 0.5) is 17.1 Å². The van der Waals surface area contributed by atoms with Crippen LogP contribution in [0.1, 0.15) is 16.7 Å². The van der Waals surface area contributed by atoms with E-state index in [-0.39, 0.29) is 0 Å². The van der Waals surface area contributed by atoms with E-state index in [1.165, 1.54) is 0 Å². The summed E-state index contributed by atoms with van der Waals surface area (Å²) in [4.78, 5) is 21.6. The first-order valence-corrected chi connectivity index (χ1v) is 23.0. The molecule has 0 bridgehead atoms. The molecule has 0 aliphatic carbocycles. The van der Waals surface area contributed by atoms with Crippen LogP contribution in [0.25, 0.3) is 120 Å². The van der Waals surface area contributed by atoms with Crippen molar-refractivity contribution in [1.82, 2.24) is 14.5 Å². The number of fused-ring (bicyclic) bond motifs is 3. The van der Waals surface area contributed by atoms with Gasteiger partial charge >= 0.3 is 0 Å². The maximum Gasteiger partial charge on any atom is 0.189 e. The molecule has 11 aromatic rings. The van der Waals surface area contributed by atoms with Gasteiger partial charge in [-0.2, -0.15) is 15.8 Å². The van der Waals surface area contributed by atoms with Gasteiger partial charge in [0.1, 0.15) is 0 Å². The van der Waals surface area contributed by atoms with Gasteiger partial charge < -0.3 is 4.57 Å². The monoisotopic (exact) mass is 927 g/mol. The zero-order chi connectivity index (χ0) is 50.0. The molecule has 9 nitrogen and oxygen atoms in total. The molecular weight excluding hydrogens is 895 g/mol. The predicted molar refractivity (Wildman–Crippen MR) is 287 cm³/mol. The van der Waals surface area contributed by atoms with E-state index < -0.39 is 0 Å². The molecular formula is C64H33N9. The van der Waals surface area contributed by atoms with E-state index >= 15 is 0 Å². The first kappa shape index (κ1) is 44.3. The molecule has 0 radical (unpaired) electrons. The second-order valence-electron chi connectivity index (χ2n) is 17.2. The zero-order valence-corrected chi connectivity index (χ0v) is 38.6. The van der Waals surface area contributed by atoms with Gasteiger partial charge in [-0.05, 0) is 124 Å². The normalized spacial score (nSPS) is 10.7. The highest BCUT2D eigenvalue weighted by Crippen LogP contribution is 2.46. The standard InChI is InChI=1S/C64H33N9/c1-68-52-22-18-44(19-23-52)56-35-51(64-71-59(45-10-6-4-7-11-45)36-60(72-64)46-12-8-5-9-13-46)34-55(43-16-14-40(37-65)15-17-43)63(56)73-61-24-20-47(49-26-41(38-66)28-53(30-49)69-2)32-57(61)58-33-48(21-25-62(58)73)50-27-42(39-67)29-54(31-50)70-3/h4-36H. The summed E-state index contributed by atoms with van der Waals surface area (Å²) in [5, 5.41) is 31.7. The van der Waals surface area contributed by atoms with Crippen LogP contribution in [0.2, 0.25) is 0 Å². The van der Waals surface area contributed by atoms with Gasteiger partial charge in [0.25, 0.3) is 0 Å². The Kier molecular flexibility index (Phi) is 11.4. The van der Waals surface area contributed by atoms with Gasteiger partial charge in [-0.3, -0.25) is 0 Å². The Balaban J connectivity index is 1.26. The molecule has 334 valence electrons. The van der Waals surface area contributed by atoms with Crippen molar-refractivity contribution >= 4 is 38.9 Å². The quantitative estimate of drug-likeness (QED) is 0.141. The summed E-state index contributed by atoms with van der Waals surface area (Å²) in [6.45, 7) is 23.5. The minimum Gasteiger partial charge on any atom is -0.308 e. The smallest absolute Gasteiger partial charge is 0.189 e. The van der Waals surface area contributed by atoms with Gasteiger partial charge in [-0.15, -0.1) is 0 Å². The maximum atomic E-state index is 9.98. The van der Waals surface area contributed by atoms with E-state index in [1.54, 1.807) is 48.5 Å². The number of nitrogens with zero attached hydrogens (tertiary/aromatic N) is 9. The Labute approximate surface area is 420 Å². The second-order valence-corrected chi connectivity index (χ2v) is 17.2. The molecule has 0 fully saturated rings. The summed E-state index contributed by atoms with van der Waals surface area (Å²) in [6.07, 6.45) is 0. The first-order chi connectivity index (χ1) is 35.8. The number of aromatic nitrogens is 3. The van der Waals surface area contributed by atoms with Crippen molar-refractivity contribution in [3.8, 4) is 102 Å². The van der Waals surface area contributed by atoms with E-state index in [9.17, 15) is 15.8 Å². The highest BCUT2D eigenvalue weighted by atomic mass is 15.0. The average Bonchev–Trinajstić information content (AvgIpc) is 3.79. The summed E-state index contributed by atoms with van der Waals surface area (Å²) in [5.41, 5.74) is 15.3. The molecule has 0 unspecified atom stereocenters. The summed E-state index contributed by atoms with van der Waals surface area (Å²) >= 11 is 0. The van der Waals surface area contributed by atoms with Gasteiger partial charge in [0.15, 0.2) is 22.9 Å². The SMILES string of the molecule is [C-]#[N+]c1ccc(-c2cc(-c3nc(-c4ccccc4)cc(-c4ccccc4)n3)cc(-c3ccc(C#N)cc3)c2-n2c3ccc(-c4cc(C#N)cc([N+]#[C-])c4)cc3c3cc(-c4cc(C#N)cc([N+]#[C-])c4)ccc32)cc1. The number of hydrogen-bond donors (Lipinski definition) is 0. The minimum absolute atomic E-state index is 0.349. The fraction of sp³-hybridized carbons (Fsp3) is 0. The largest absolute Gasteiger partial charge is 0.308 e. The fourth-order valence-electron chi connectivity index (χ4n) is 9.41. The van der Waals surface area contributed by atoms with Crippen molar-refractivity contribution in [2.45, 2.75) is 0 Å². The molecule has 73 heavy (non-hydrogen) atoms. The summed E-state index contributed by atoms with van der Waals surface area (Å²) in [6, 6.07) is 70.5. The molecule has 0 aliphatic rings. The molecule has 2 aromatic heterocycles. The summed E-state index contributed by atoms with van der Waals surface area (Å²) < 4.78 is 2.23. The minimum atomic E-state index is 0.349. The third-order valence-corrected chi connectivity index (χ3v) is 12.9. The Morgan fingerprint density at radius 3 is 1.23 bits per heavy atom. The van der Waals surface area contributed by atoms with E-state index in [0.29, 0.717) is 50.7 Å². The summed E-state index contributed by atoms with van der Waals surface area (Å²) in [7, 11) is 0. The van der Waals surface area contributed by atoms with Crippen LogP contribution in [0, 0.1) is 53.7 Å². The van der Waals surface area contributed by atoms with Gasteiger partial charge in [0.05, 0.1) is 71.6 Å². The van der Waals surface area contributed by atoms with Crippen LogP contribution in [0.15, 0.2) is 200 Å². The Bertz CT molecular complexity index is 3970. The molecule has 2 heterocycles. The molecule has 9 heteroatoms. The van der Waals surface area contributed by atoms with E-state index in [1.807, 2.05) is 115 Å². The Morgan fingerprint density at radius 1 is 0.356 bits per heavy atom. The fourth-order valence-corrected chi connectivity index (χ4v) is 9.41. The van der Waals surface area contributed by atoms with Crippen molar-refractivity contribution in [3.63, 3.8) is 0 Å². The van der Waals surface area contributed by atoms with Gasteiger partial charge in [0.2, 0.25) is 0 Å². The third kappa shape index (κ3) is 8.34. The number of hydrogen-bond acceptors (Lipinski definition) is 5. The second kappa shape index (κ2) is 18.7. The molecule has 0 aliphatic heterocycles. The summed E-state index contributed by atoms with van der Waals surface area (Å²) in [5.74, 6) is 0.494. The zero-order valence-electron chi connectivity index (χ0n) is 38.6. The van der Waals surface area contributed by atoms with E-state index in [0.717, 1.165) is 89.0 Å². The van der Waals surface area contributed by atoms with E-state index in [4.69, 9.17) is 29.7 Å². The van der Waals surface area contributed by atoms with Crippen LogP contribution >= 0.6 is 0 Å². The highest BCUT2D eigenvalue weighted by Gasteiger charge is 2.24. The van der Waals surface area contributed by atoms with Crippen LogP contribution in [-0.4, -0.2) is 14.5 Å². The molecule has 0 saturated heterocycles. The van der Waals surface area contributed by atoms with Crippen LogP contribution in [-0.2, 0) is 0 Å². The van der Waals surface area contributed by atoms with Crippen molar-refractivity contribution in [1.29, 1.82) is 15.8 Å². The van der Waals surface area contributed by atoms with Crippen molar-refractivity contribution in [2.75, 3.05) is 0 Å². The molecule has 9 aromatic carbocycles. The lowest BCUT2D eigenvalue weighted by Crippen LogP contribution is -2.03. The lowest BCUT2D eigenvalue weighted by molar-refractivity contribution is 1.17. The van der Waals surface area contributed by atoms with Crippen molar-refractivity contribution in [3.05, 3.63) is 251 Å². The van der Waals surface area contributed by atoms with Crippen LogP contribution in [0.3, 0.4) is 0 Å². The lowest BCUT2D eigenvalue weighted by atomic mass is 9.92. The van der Waals surface area contributed by atoms with Crippen molar-refractivity contribution in [2.24, 2.45) is 0 Å². The highest BCUT2D eigenvalue weighted by molar-refractivity contribution is 6.13. The number of nitriles is 3. The molecule has 0 amide bonds. The lowest BCUT2D eigenvalue weighted by Gasteiger charge is -2.21. The van der Waals surface area contributed by atoms with Crippen molar-refractivity contribution < 1.29 is 0 Å². The number of rotatable bonds is 8. The first-order valence-electron chi connectivity index (χ1n) is 23.0. The molecule has 0 spiro atoms. The Hall–Kier alpha value is -11.2. The molecule has 11 rings (SSSR count). The predicted octanol–water partition coefficient (Wildman–Crippen LogP) is 16.5. The van der Waals surface area contributed by atoms with E-state index in [2.05, 4.69) is 73.7 Å². The van der Waals surface area contributed by atoms with Gasteiger partial charge in [-0.1, -0.05) is 109 Å². The Morgan fingerprint density at radius 2 is 0.795 bits per heavy atom. The third-order valence-electron chi connectivity index (χ3n) is 12.9. The van der Waals surface area contributed by atoms with Gasteiger partial charge in [0, 0.05) is 49.7 Å². The molecule has 0 N–H and O–H groups in total. The number of benzene rings is 9. The maximum absolute atomic E-state index is 9.98. The topological polar surface area (TPSA) is 115 Å².